The molecule has 1 aromatic carbocycles. The Hall–Kier alpha value is -2.89. The van der Waals surface area contributed by atoms with E-state index in [4.69, 9.17) is 4.42 Å². The van der Waals surface area contributed by atoms with Crippen molar-refractivity contribution in [2.45, 2.75) is 19.8 Å². The van der Waals surface area contributed by atoms with Crippen LogP contribution in [-0.4, -0.2) is 20.7 Å². The van der Waals surface area contributed by atoms with Crippen LogP contribution in [0, 0.1) is 6.92 Å². The molecule has 0 fully saturated rings. The molecule has 0 radical (unpaired) electrons. The number of aromatic nitrogens is 3. The lowest BCUT2D eigenvalue weighted by atomic mass is 10.1. The van der Waals surface area contributed by atoms with E-state index in [1.54, 1.807) is 30.2 Å². The van der Waals surface area contributed by atoms with Gasteiger partial charge in [-0.1, -0.05) is 29.8 Å². The number of amides is 1. The van der Waals surface area contributed by atoms with Crippen molar-refractivity contribution in [3.05, 3.63) is 54.2 Å². The van der Waals surface area contributed by atoms with Gasteiger partial charge in [0.2, 0.25) is 5.91 Å². The molecule has 2 heterocycles. The summed E-state index contributed by atoms with van der Waals surface area (Å²) in [6.07, 6.45) is 4.21. The van der Waals surface area contributed by atoms with Crippen molar-refractivity contribution < 1.29 is 9.21 Å². The van der Waals surface area contributed by atoms with Crippen LogP contribution in [0.3, 0.4) is 0 Å². The summed E-state index contributed by atoms with van der Waals surface area (Å²) in [5.41, 5.74) is 2.17. The number of hydrogen-bond donors (Lipinski definition) is 1. The van der Waals surface area contributed by atoms with Gasteiger partial charge in [0.1, 0.15) is 0 Å². The summed E-state index contributed by atoms with van der Waals surface area (Å²) < 4.78 is 7.34. The summed E-state index contributed by atoms with van der Waals surface area (Å²) in [4.78, 5) is 16.1. The fourth-order valence-corrected chi connectivity index (χ4v) is 2.18. The number of aryl methyl sites for hydroxylation is 3. The van der Waals surface area contributed by atoms with Crippen LogP contribution < -0.4 is 5.32 Å². The monoisotopic (exact) mass is 310 g/mol. The molecule has 6 nitrogen and oxygen atoms in total. The molecule has 1 N–H and O–H groups in total. The number of carbonyl (C=O) groups excluding carboxylic acids is 1. The number of carbonyl (C=O) groups is 1. The van der Waals surface area contributed by atoms with Gasteiger partial charge in [-0.05, 0) is 6.92 Å². The van der Waals surface area contributed by atoms with Crippen LogP contribution in [0.5, 0.6) is 0 Å². The van der Waals surface area contributed by atoms with Crippen LogP contribution in [0.15, 0.2) is 47.1 Å². The predicted octanol–water partition coefficient (Wildman–Crippen LogP) is 2.95. The normalized spacial score (nSPS) is 10.7. The third kappa shape index (κ3) is 3.85. The highest BCUT2D eigenvalue weighted by Crippen LogP contribution is 2.21. The minimum absolute atomic E-state index is 0.112. The first-order chi connectivity index (χ1) is 11.1. The molecule has 0 aliphatic carbocycles. The van der Waals surface area contributed by atoms with Crippen molar-refractivity contribution in [3.8, 4) is 11.3 Å². The molecule has 2 aromatic heterocycles. The lowest BCUT2D eigenvalue weighted by molar-refractivity contribution is -0.116. The van der Waals surface area contributed by atoms with Gasteiger partial charge in [0.25, 0.3) is 0 Å². The van der Waals surface area contributed by atoms with E-state index in [2.05, 4.69) is 15.4 Å². The molecular formula is C17H18N4O2. The standard InChI is InChI=1S/C17H18N4O2/c1-12-3-5-13(6-4-12)14-11-18-17(23-14)8-7-16(22)19-15-9-10-21(2)20-15/h3-6,9-11H,7-8H2,1-2H3,(H,19,20,22). The molecule has 0 atom stereocenters. The molecule has 23 heavy (non-hydrogen) atoms. The SMILES string of the molecule is Cc1ccc(-c2cnc(CCC(=O)Nc3ccn(C)n3)o2)cc1. The molecule has 0 spiro atoms. The summed E-state index contributed by atoms with van der Waals surface area (Å²) in [6.45, 7) is 2.04. The Labute approximate surface area is 134 Å². The molecule has 1 amide bonds. The van der Waals surface area contributed by atoms with Gasteiger partial charge >= 0.3 is 0 Å². The van der Waals surface area contributed by atoms with Gasteiger partial charge in [-0.2, -0.15) is 5.10 Å². The molecule has 0 saturated heterocycles. The van der Waals surface area contributed by atoms with E-state index in [-0.39, 0.29) is 5.91 Å². The number of rotatable bonds is 5. The third-order valence-corrected chi connectivity index (χ3v) is 3.44. The molecule has 0 aliphatic rings. The van der Waals surface area contributed by atoms with E-state index in [1.165, 1.54) is 5.56 Å². The van der Waals surface area contributed by atoms with Crippen molar-refractivity contribution in [2.24, 2.45) is 7.05 Å². The van der Waals surface area contributed by atoms with Crippen LogP contribution in [0.1, 0.15) is 17.9 Å². The lowest BCUT2D eigenvalue weighted by Gasteiger charge is -2.00. The highest BCUT2D eigenvalue weighted by Gasteiger charge is 2.10. The maximum atomic E-state index is 11.9. The Bertz CT molecular complexity index is 802. The van der Waals surface area contributed by atoms with Gasteiger partial charge in [0.05, 0.1) is 6.20 Å². The van der Waals surface area contributed by atoms with Crippen molar-refractivity contribution in [1.29, 1.82) is 0 Å². The smallest absolute Gasteiger partial charge is 0.226 e. The zero-order valence-electron chi connectivity index (χ0n) is 13.1. The van der Waals surface area contributed by atoms with Crippen molar-refractivity contribution in [1.82, 2.24) is 14.8 Å². The van der Waals surface area contributed by atoms with E-state index < -0.39 is 0 Å². The maximum absolute atomic E-state index is 11.9. The molecule has 3 rings (SSSR count). The Morgan fingerprint density at radius 1 is 1.26 bits per heavy atom. The number of nitrogens with one attached hydrogen (secondary N) is 1. The van der Waals surface area contributed by atoms with Crippen LogP contribution in [0.4, 0.5) is 5.82 Å². The van der Waals surface area contributed by atoms with E-state index in [0.29, 0.717) is 30.3 Å². The quantitative estimate of drug-likeness (QED) is 0.786. The zero-order valence-corrected chi connectivity index (χ0v) is 13.1. The average molecular weight is 310 g/mol. The van der Waals surface area contributed by atoms with Crippen molar-refractivity contribution in [2.75, 3.05) is 5.32 Å². The van der Waals surface area contributed by atoms with Crippen LogP contribution in [0.2, 0.25) is 0 Å². The van der Waals surface area contributed by atoms with Gasteiger partial charge < -0.3 is 9.73 Å². The van der Waals surface area contributed by atoms with Gasteiger partial charge in [0, 0.05) is 37.7 Å². The first-order valence-electron chi connectivity index (χ1n) is 7.41. The lowest BCUT2D eigenvalue weighted by Crippen LogP contribution is -2.13. The second-order valence-electron chi connectivity index (χ2n) is 5.41. The molecule has 6 heteroatoms. The Kier molecular flexibility index (Phi) is 4.23. The minimum atomic E-state index is -0.112. The van der Waals surface area contributed by atoms with Crippen LogP contribution in [0.25, 0.3) is 11.3 Å². The summed E-state index contributed by atoms with van der Waals surface area (Å²) in [6, 6.07) is 9.79. The van der Waals surface area contributed by atoms with Gasteiger partial charge in [-0.25, -0.2) is 4.98 Å². The largest absolute Gasteiger partial charge is 0.441 e. The molecule has 0 unspecified atom stereocenters. The number of anilines is 1. The fraction of sp³-hybridized carbons (Fsp3) is 0.235. The molecular weight excluding hydrogens is 292 g/mol. The molecule has 0 aliphatic heterocycles. The Morgan fingerprint density at radius 2 is 2.04 bits per heavy atom. The topological polar surface area (TPSA) is 73.0 Å². The first kappa shape index (κ1) is 15.0. The van der Waals surface area contributed by atoms with Crippen LogP contribution in [-0.2, 0) is 18.3 Å². The second-order valence-corrected chi connectivity index (χ2v) is 5.41. The summed E-state index contributed by atoms with van der Waals surface area (Å²) in [5.74, 6) is 1.70. The van der Waals surface area contributed by atoms with Gasteiger partial charge in [-0.3, -0.25) is 9.48 Å². The zero-order chi connectivity index (χ0) is 16.2. The second kappa shape index (κ2) is 6.48. The number of nitrogens with zero attached hydrogens (tertiary/aromatic N) is 3. The summed E-state index contributed by atoms with van der Waals surface area (Å²) in [7, 11) is 1.80. The van der Waals surface area contributed by atoms with Crippen molar-refractivity contribution >= 4 is 11.7 Å². The average Bonchev–Trinajstić information content (AvgIpc) is 3.15. The molecule has 118 valence electrons. The number of hydrogen-bond acceptors (Lipinski definition) is 4. The van der Waals surface area contributed by atoms with E-state index in [0.717, 1.165) is 5.56 Å². The highest BCUT2D eigenvalue weighted by molar-refractivity contribution is 5.89. The van der Waals surface area contributed by atoms with Crippen LogP contribution >= 0.6 is 0 Å². The fourth-order valence-electron chi connectivity index (χ4n) is 2.18. The summed E-state index contributed by atoms with van der Waals surface area (Å²) >= 11 is 0. The predicted molar refractivity (Wildman–Crippen MR) is 86.8 cm³/mol. The summed E-state index contributed by atoms with van der Waals surface area (Å²) in [5, 5.41) is 6.84. The maximum Gasteiger partial charge on any atom is 0.226 e. The Morgan fingerprint density at radius 3 is 2.74 bits per heavy atom. The van der Waals surface area contributed by atoms with E-state index in [9.17, 15) is 4.79 Å². The Balaban J connectivity index is 1.56. The minimum Gasteiger partial charge on any atom is -0.441 e. The van der Waals surface area contributed by atoms with Crippen molar-refractivity contribution in [3.63, 3.8) is 0 Å². The third-order valence-electron chi connectivity index (χ3n) is 3.44. The van der Waals surface area contributed by atoms with E-state index >= 15 is 0 Å². The molecule has 0 bridgehead atoms. The van der Waals surface area contributed by atoms with Gasteiger partial charge in [0.15, 0.2) is 17.5 Å². The van der Waals surface area contributed by atoms with E-state index in [1.807, 2.05) is 31.2 Å². The number of benzene rings is 1. The molecule has 0 saturated carbocycles. The first-order valence-corrected chi connectivity index (χ1v) is 7.41. The molecule has 3 aromatic rings. The number of oxazole rings is 1. The highest BCUT2D eigenvalue weighted by atomic mass is 16.4. The van der Waals surface area contributed by atoms with Gasteiger partial charge in [-0.15, -0.1) is 0 Å².